The van der Waals surface area contributed by atoms with Crippen molar-refractivity contribution in [2.24, 2.45) is 0 Å². The van der Waals surface area contributed by atoms with Crippen molar-refractivity contribution in [1.82, 2.24) is 0 Å². The van der Waals surface area contributed by atoms with Gasteiger partial charge in [-0.05, 0) is 13.3 Å². The van der Waals surface area contributed by atoms with E-state index in [4.69, 9.17) is 9.47 Å². The SMILES string of the molecule is CCC(C)OC(CC)OC(C)=O. The lowest BCUT2D eigenvalue weighted by atomic mass is 10.3. The molecular formula is C9H18O3. The molecular weight excluding hydrogens is 156 g/mol. The molecule has 3 heteroatoms. The first-order chi connectivity index (χ1) is 5.60. The molecule has 0 aromatic rings. The predicted octanol–water partition coefficient (Wildman–Crippen LogP) is 2.10. The maximum Gasteiger partial charge on any atom is 0.304 e. The zero-order valence-corrected chi connectivity index (χ0v) is 8.29. The zero-order chi connectivity index (χ0) is 9.56. The van der Waals surface area contributed by atoms with Gasteiger partial charge in [0.05, 0.1) is 6.10 Å². The second-order valence-electron chi connectivity index (χ2n) is 2.80. The van der Waals surface area contributed by atoms with Gasteiger partial charge in [-0.1, -0.05) is 13.8 Å². The van der Waals surface area contributed by atoms with E-state index in [1.165, 1.54) is 6.92 Å². The first-order valence-corrected chi connectivity index (χ1v) is 4.42. The average Bonchev–Trinajstić information content (AvgIpc) is 2.02. The topological polar surface area (TPSA) is 35.5 Å². The lowest BCUT2D eigenvalue weighted by Gasteiger charge is -2.19. The summed E-state index contributed by atoms with van der Waals surface area (Å²) in [6.07, 6.45) is 1.40. The summed E-state index contributed by atoms with van der Waals surface area (Å²) in [5.41, 5.74) is 0. The summed E-state index contributed by atoms with van der Waals surface area (Å²) in [4.78, 5) is 10.6. The molecule has 72 valence electrons. The van der Waals surface area contributed by atoms with Gasteiger partial charge in [0.15, 0.2) is 0 Å². The lowest BCUT2D eigenvalue weighted by molar-refractivity contribution is -0.186. The van der Waals surface area contributed by atoms with E-state index in [0.717, 1.165) is 6.42 Å². The summed E-state index contributed by atoms with van der Waals surface area (Å²) in [5.74, 6) is -0.287. The monoisotopic (exact) mass is 174 g/mol. The molecule has 0 N–H and O–H groups in total. The number of hydrogen-bond donors (Lipinski definition) is 0. The van der Waals surface area contributed by atoms with Gasteiger partial charge in [-0.15, -0.1) is 0 Å². The van der Waals surface area contributed by atoms with Crippen LogP contribution in [0.1, 0.15) is 40.5 Å². The summed E-state index contributed by atoms with van der Waals surface area (Å²) in [6.45, 7) is 7.32. The molecule has 2 unspecified atom stereocenters. The molecule has 0 spiro atoms. The van der Waals surface area contributed by atoms with Crippen LogP contribution in [0, 0.1) is 0 Å². The largest absolute Gasteiger partial charge is 0.436 e. The van der Waals surface area contributed by atoms with E-state index in [1.807, 2.05) is 20.8 Å². The van der Waals surface area contributed by atoms with Crippen molar-refractivity contribution in [1.29, 1.82) is 0 Å². The van der Waals surface area contributed by atoms with Crippen LogP contribution in [0.5, 0.6) is 0 Å². The van der Waals surface area contributed by atoms with Crippen molar-refractivity contribution in [3.8, 4) is 0 Å². The van der Waals surface area contributed by atoms with Gasteiger partial charge in [-0.3, -0.25) is 4.79 Å². The molecule has 0 saturated carbocycles. The number of carbonyl (C=O) groups excluding carboxylic acids is 1. The summed E-state index contributed by atoms with van der Waals surface area (Å²) in [6, 6.07) is 0. The molecule has 0 aliphatic carbocycles. The fourth-order valence-electron chi connectivity index (χ4n) is 0.748. The van der Waals surface area contributed by atoms with E-state index < -0.39 is 0 Å². The minimum atomic E-state index is -0.377. The Balaban J connectivity index is 3.74. The van der Waals surface area contributed by atoms with Gasteiger partial charge in [0.25, 0.3) is 0 Å². The normalized spacial score (nSPS) is 15.3. The van der Waals surface area contributed by atoms with Gasteiger partial charge in [-0.25, -0.2) is 0 Å². The minimum absolute atomic E-state index is 0.147. The van der Waals surface area contributed by atoms with Crippen LogP contribution in [-0.4, -0.2) is 18.4 Å². The number of carbonyl (C=O) groups is 1. The molecule has 0 radical (unpaired) electrons. The van der Waals surface area contributed by atoms with Crippen LogP contribution in [0.3, 0.4) is 0 Å². The van der Waals surface area contributed by atoms with Crippen LogP contribution in [0.4, 0.5) is 0 Å². The van der Waals surface area contributed by atoms with Crippen molar-refractivity contribution >= 4 is 5.97 Å². The van der Waals surface area contributed by atoms with Gasteiger partial charge in [0.1, 0.15) is 0 Å². The molecule has 2 atom stereocenters. The second kappa shape index (κ2) is 6.00. The zero-order valence-electron chi connectivity index (χ0n) is 8.29. The third-order valence-electron chi connectivity index (χ3n) is 1.59. The molecule has 0 aromatic heterocycles. The van der Waals surface area contributed by atoms with Gasteiger partial charge in [0, 0.05) is 13.3 Å². The van der Waals surface area contributed by atoms with E-state index in [9.17, 15) is 4.79 Å². The molecule has 0 aromatic carbocycles. The van der Waals surface area contributed by atoms with Crippen molar-refractivity contribution in [2.45, 2.75) is 52.9 Å². The van der Waals surface area contributed by atoms with Crippen LogP contribution in [-0.2, 0) is 14.3 Å². The van der Waals surface area contributed by atoms with E-state index >= 15 is 0 Å². The van der Waals surface area contributed by atoms with Crippen molar-refractivity contribution < 1.29 is 14.3 Å². The van der Waals surface area contributed by atoms with Crippen LogP contribution < -0.4 is 0 Å². The number of esters is 1. The molecule has 0 rings (SSSR count). The van der Waals surface area contributed by atoms with Crippen molar-refractivity contribution in [3.63, 3.8) is 0 Å². The number of ether oxygens (including phenoxy) is 2. The summed E-state index contributed by atoms with van der Waals surface area (Å²) < 4.78 is 10.3. The summed E-state index contributed by atoms with van der Waals surface area (Å²) in [5, 5.41) is 0. The minimum Gasteiger partial charge on any atom is -0.436 e. The van der Waals surface area contributed by atoms with Gasteiger partial charge in [-0.2, -0.15) is 0 Å². The fraction of sp³-hybridized carbons (Fsp3) is 0.889. The lowest BCUT2D eigenvalue weighted by Crippen LogP contribution is -2.23. The Morgan fingerprint density at radius 2 is 1.92 bits per heavy atom. The first kappa shape index (κ1) is 11.4. The quantitative estimate of drug-likeness (QED) is 0.473. The van der Waals surface area contributed by atoms with Crippen LogP contribution in [0.25, 0.3) is 0 Å². The Morgan fingerprint density at radius 1 is 1.33 bits per heavy atom. The Labute approximate surface area is 74.0 Å². The molecule has 0 amide bonds. The molecule has 0 aliphatic rings. The van der Waals surface area contributed by atoms with Crippen molar-refractivity contribution in [3.05, 3.63) is 0 Å². The molecule has 0 fully saturated rings. The van der Waals surface area contributed by atoms with Gasteiger partial charge >= 0.3 is 5.97 Å². The highest BCUT2D eigenvalue weighted by atomic mass is 16.7. The maximum atomic E-state index is 10.6. The highest BCUT2D eigenvalue weighted by Crippen LogP contribution is 2.06. The highest BCUT2D eigenvalue weighted by Gasteiger charge is 2.12. The summed E-state index contributed by atoms with van der Waals surface area (Å²) >= 11 is 0. The van der Waals surface area contributed by atoms with E-state index in [2.05, 4.69) is 0 Å². The van der Waals surface area contributed by atoms with Crippen LogP contribution in [0.2, 0.25) is 0 Å². The van der Waals surface area contributed by atoms with E-state index in [-0.39, 0.29) is 18.4 Å². The maximum absolute atomic E-state index is 10.6. The third-order valence-corrected chi connectivity index (χ3v) is 1.59. The Hall–Kier alpha value is -0.570. The standard InChI is InChI=1S/C9H18O3/c1-5-7(3)11-9(6-2)12-8(4)10/h7,9H,5-6H2,1-4H3. The van der Waals surface area contributed by atoms with Gasteiger partial charge < -0.3 is 9.47 Å². The van der Waals surface area contributed by atoms with Gasteiger partial charge in [0.2, 0.25) is 6.29 Å². The van der Waals surface area contributed by atoms with Crippen molar-refractivity contribution in [2.75, 3.05) is 0 Å². The Morgan fingerprint density at radius 3 is 2.25 bits per heavy atom. The third kappa shape index (κ3) is 5.13. The van der Waals surface area contributed by atoms with Crippen LogP contribution >= 0.6 is 0 Å². The van der Waals surface area contributed by atoms with E-state index in [0.29, 0.717) is 6.42 Å². The molecule has 0 aliphatic heterocycles. The molecule has 0 saturated heterocycles. The fourth-order valence-corrected chi connectivity index (χ4v) is 0.748. The highest BCUT2D eigenvalue weighted by molar-refractivity contribution is 5.66. The van der Waals surface area contributed by atoms with Crippen LogP contribution in [0.15, 0.2) is 0 Å². The Bertz CT molecular complexity index is 134. The number of rotatable bonds is 5. The first-order valence-electron chi connectivity index (χ1n) is 4.42. The predicted molar refractivity (Wildman–Crippen MR) is 46.7 cm³/mol. The second-order valence-corrected chi connectivity index (χ2v) is 2.80. The molecule has 12 heavy (non-hydrogen) atoms. The smallest absolute Gasteiger partial charge is 0.304 e. The number of hydrogen-bond acceptors (Lipinski definition) is 3. The molecule has 3 nitrogen and oxygen atoms in total. The average molecular weight is 174 g/mol. The molecule has 0 bridgehead atoms. The van der Waals surface area contributed by atoms with E-state index in [1.54, 1.807) is 0 Å². The Kier molecular flexibility index (Phi) is 5.72. The molecule has 0 heterocycles. The summed E-state index contributed by atoms with van der Waals surface area (Å²) in [7, 11) is 0.